The molecule has 0 heterocycles. The monoisotopic (exact) mass is 229 g/mol. The van der Waals surface area contributed by atoms with E-state index in [1.165, 1.54) is 0 Å². The minimum absolute atomic E-state index is 0.345. The van der Waals surface area contributed by atoms with E-state index in [0.717, 1.165) is 5.56 Å². The molecule has 3 nitrogen and oxygen atoms in total. The van der Waals surface area contributed by atoms with E-state index in [9.17, 15) is 10.2 Å². The van der Waals surface area contributed by atoms with Crippen LogP contribution >= 0.6 is 11.6 Å². The van der Waals surface area contributed by atoms with Gasteiger partial charge in [0.05, 0.1) is 6.10 Å². The van der Waals surface area contributed by atoms with Crippen molar-refractivity contribution in [3.63, 3.8) is 0 Å². The van der Waals surface area contributed by atoms with Gasteiger partial charge in [-0.2, -0.15) is 0 Å². The molecule has 84 valence electrons. The number of nitrogens with two attached hydrogens (primary N) is 1. The Morgan fingerprint density at radius 3 is 2.67 bits per heavy atom. The lowest BCUT2D eigenvalue weighted by molar-refractivity contribution is 0.0147. The van der Waals surface area contributed by atoms with Gasteiger partial charge >= 0.3 is 0 Å². The lowest BCUT2D eigenvalue weighted by Gasteiger charge is -2.19. The molecule has 0 aliphatic heterocycles. The molecule has 15 heavy (non-hydrogen) atoms. The summed E-state index contributed by atoms with van der Waals surface area (Å²) in [7, 11) is 0. The maximum Gasteiger partial charge on any atom is 0.105 e. The molecular formula is C11H16ClNO2. The highest BCUT2D eigenvalue weighted by atomic mass is 35.5. The normalized spacial score (nSPS) is 15.0. The van der Waals surface area contributed by atoms with Gasteiger partial charge in [-0.05, 0) is 37.1 Å². The van der Waals surface area contributed by atoms with E-state index >= 15 is 0 Å². The standard InChI is InChI=1S/C11H16ClNO2/c1-7-8(3-2-4-9(7)12)11(15)10(14)5-6-13/h2-4,10-11,14-15H,5-6,13H2,1H3. The molecule has 1 aromatic rings. The molecule has 0 amide bonds. The number of benzene rings is 1. The number of hydrogen-bond donors (Lipinski definition) is 3. The van der Waals surface area contributed by atoms with Crippen LogP contribution in [0.3, 0.4) is 0 Å². The van der Waals surface area contributed by atoms with Gasteiger partial charge in [-0.25, -0.2) is 0 Å². The van der Waals surface area contributed by atoms with Crippen LogP contribution in [0.5, 0.6) is 0 Å². The van der Waals surface area contributed by atoms with Gasteiger partial charge in [0.25, 0.3) is 0 Å². The average Bonchev–Trinajstić information content (AvgIpc) is 2.21. The van der Waals surface area contributed by atoms with Crippen molar-refractivity contribution in [2.45, 2.75) is 25.6 Å². The molecule has 0 aliphatic rings. The third-order valence-electron chi connectivity index (χ3n) is 2.46. The first-order valence-electron chi connectivity index (χ1n) is 4.89. The summed E-state index contributed by atoms with van der Waals surface area (Å²) in [5.41, 5.74) is 6.77. The fraction of sp³-hybridized carbons (Fsp3) is 0.455. The van der Waals surface area contributed by atoms with Crippen LogP contribution in [0.25, 0.3) is 0 Å². The van der Waals surface area contributed by atoms with Crippen molar-refractivity contribution in [3.05, 3.63) is 34.3 Å². The fourth-order valence-corrected chi connectivity index (χ4v) is 1.66. The summed E-state index contributed by atoms with van der Waals surface area (Å²) in [6, 6.07) is 5.26. The van der Waals surface area contributed by atoms with Crippen LogP contribution in [-0.2, 0) is 0 Å². The Kier molecular flexibility index (Phi) is 4.54. The van der Waals surface area contributed by atoms with Gasteiger partial charge < -0.3 is 15.9 Å². The molecule has 0 bridgehead atoms. The first kappa shape index (κ1) is 12.5. The highest BCUT2D eigenvalue weighted by Gasteiger charge is 2.19. The Balaban J connectivity index is 2.90. The van der Waals surface area contributed by atoms with E-state index in [-0.39, 0.29) is 0 Å². The van der Waals surface area contributed by atoms with Crippen LogP contribution in [0.2, 0.25) is 5.02 Å². The fourth-order valence-electron chi connectivity index (χ4n) is 1.48. The van der Waals surface area contributed by atoms with E-state index in [2.05, 4.69) is 0 Å². The Bertz CT molecular complexity index is 330. The molecule has 0 radical (unpaired) electrons. The smallest absolute Gasteiger partial charge is 0.105 e. The molecular weight excluding hydrogens is 214 g/mol. The second-order valence-corrected chi connectivity index (χ2v) is 3.95. The minimum Gasteiger partial charge on any atom is -0.390 e. The first-order chi connectivity index (χ1) is 7.07. The lowest BCUT2D eigenvalue weighted by Crippen LogP contribution is -2.22. The number of hydrogen-bond acceptors (Lipinski definition) is 3. The maximum absolute atomic E-state index is 9.86. The predicted molar refractivity (Wildman–Crippen MR) is 60.8 cm³/mol. The summed E-state index contributed by atoms with van der Waals surface area (Å²) in [4.78, 5) is 0. The van der Waals surface area contributed by atoms with Gasteiger partial charge in [0.2, 0.25) is 0 Å². The molecule has 0 fully saturated rings. The van der Waals surface area contributed by atoms with Crippen molar-refractivity contribution in [2.24, 2.45) is 5.73 Å². The molecule has 0 saturated heterocycles. The van der Waals surface area contributed by atoms with E-state index in [1.807, 2.05) is 6.92 Å². The second-order valence-electron chi connectivity index (χ2n) is 3.54. The molecule has 4 N–H and O–H groups in total. The van der Waals surface area contributed by atoms with Crippen molar-refractivity contribution in [3.8, 4) is 0 Å². The first-order valence-corrected chi connectivity index (χ1v) is 5.27. The molecule has 1 aromatic carbocycles. The zero-order valence-corrected chi connectivity index (χ0v) is 9.41. The van der Waals surface area contributed by atoms with E-state index < -0.39 is 12.2 Å². The zero-order valence-electron chi connectivity index (χ0n) is 8.65. The molecule has 0 saturated carbocycles. The Labute approximate surface area is 94.5 Å². The van der Waals surface area contributed by atoms with Crippen LogP contribution in [-0.4, -0.2) is 22.9 Å². The molecule has 0 aromatic heterocycles. The van der Waals surface area contributed by atoms with Gasteiger partial charge in [0, 0.05) is 5.02 Å². The van der Waals surface area contributed by atoms with Crippen molar-refractivity contribution in [1.29, 1.82) is 0 Å². The number of aliphatic hydroxyl groups is 2. The minimum atomic E-state index is -0.924. The summed E-state index contributed by atoms with van der Waals surface area (Å²) >= 11 is 5.92. The molecule has 1 rings (SSSR count). The predicted octanol–water partition coefficient (Wildman–Crippen LogP) is 1.39. The third kappa shape index (κ3) is 2.92. The summed E-state index contributed by atoms with van der Waals surface area (Å²) in [5.74, 6) is 0. The molecule has 2 unspecified atom stereocenters. The van der Waals surface area contributed by atoms with Crippen LogP contribution in [0.4, 0.5) is 0 Å². The van der Waals surface area contributed by atoms with Gasteiger partial charge in [-0.15, -0.1) is 0 Å². The van der Waals surface area contributed by atoms with Crippen LogP contribution in [0.1, 0.15) is 23.7 Å². The largest absolute Gasteiger partial charge is 0.390 e. The zero-order chi connectivity index (χ0) is 11.4. The highest BCUT2D eigenvalue weighted by Crippen LogP contribution is 2.26. The van der Waals surface area contributed by atoms with Crippen LogP contribution in [0.15, 0.2) is 18.2 Å². The Morgan fingerprint density at radius 1 is 1.40 bits per heavy atom. The SMILES string of the molecule is Cc1c(Cl)cccc1C(O)C(O)CCN. The topological polar surface area (TPSA) is 66.5 Å². The Morgan fingerprint density at radius 2 is 2.07 bits per heavy atom. The van der Waals surface area contributed by atoms with Crippen molar-refractivity contribution < 1.29 is 10.2 Å². The number of rotatable bonds is 4. The maximum atomic E-state index is 9.86. The van der Waals surface area contributed by atoms with Crippen LogP contribution in [0, 0.1) is 6.92 Å². The van der Waals surface area contributed by atoms with E-state index in [1.54, 1.807) is 18.2 Å². The highest BCUT2D eigenvalue weighted by molar-refractivity contribution is 6.31. The quantitative estimate of drug-likeness (QED) is 0.731. The third-order valence-corrected chi connectivity index (χ3v) is 2.86. The van der Waals surface area contributed by atoms with E-state index in [4.69, 9.17) is 17.3 Å². The summed E-state index contributed by atoms with van der Waals surface area (Å²) in [6.07, 6.45) is -1.40. The van der Waals surface area contributed by atoms with Gasteiger partial charge in [0.15, 0.2) is 0 Å². The van der Waals surface area contributed by atoms with Crippen molar-refractivity contribution >= 4 is 11.6 Å². The second kappa shape index (κ2) is 5.47. The van der Waals surface area contributed by atoms with Crippen molar-refractivity contribution in [1.82, 2.24) is 0 Å². The molecule has 4 heteroatoms. The summed E-state index contributed by atoms with van der Waals surface area (Å²) in [6.45, 7) is 2.16. The van der Waals surface area contributed by atoms with Gasteiger partial charge in [-0.3, -0.25) is 0 Å². The molecule has 0 spiro atoms. The number of halogens is 1. The van der Waals surface area contributed by atoms with Crippen molar-refractivity contribution in [2.75, 3.05) is 6.54 Å². The number of aliphatic hydroxyl groups excluding tert-OH is 2. The lowest BCUT2D eigenvalue weighted by atomic mass is 9.98. The molecule has 2 atom stereocenters. The summed E-state index contributed by atoms with van der Waals surface area (Å²) < 4.78 is 0. The summed E-state index contributed by atoms with van der Waals surface area (Å²) in [5, 5.41) is 20.1. The van der Waals surface area contributed by atoms with Gasteiger partial charge in [-0.1, -0.05) is 23.7 Å². The van der Waals surface area contributed by atoms with E-state index in [0.29, 0.717) is 23.6 Å². The Hall–Kier alpha value is -0.610. The van der Waals surface area contributed by atoms with Crippen LogP contribution < -0.4 is 5.73 Å². The van der Waals surface area contributed by atoms with Gasteiger partial charge in [0.1, 0.15) is 6.10 Å². The molecule has 0 aliphatic carbocycles. The average molecular weight is 230 g/mol.